The van der Waals surface area contributed by atoms with Crippen LogP contribution in [0.2, 0.25) is 0 Å². The van der Waals surface area contributed by atoms with Crippen molar-refractivity contribution in [2.45, 2.75) is 44.3 Å². The van der Waals surface area contributed by atoms with Gasteiger partial charge < -0.3 is 9.32 Å². The highest BCUT2D eigenvalue weighted by molar-refractivity contribution is 5.87. The Morgan fingerprint density at radius 2 is 2.00 bits per heavy atom. The van der Waals surface area contributed by atoms with Gasteiger partial charge in [0.15, 0.2) is 11.5 Å². The minimum absolute atomic E-state index is 0.0205. The Morgan fingerprint density at radius 3 is 2.67 bits per heavy atom. The van der Waals surface area contributed by atoms with Gasteiger partial charge in [0.2, 0.25) is 5.82 Å². The van der Waals surface area contributed by atoms with Crippen LogP contribution in [-0.2, 0) is 17.4 Å². The van der Waals surface area contributed by atoms with Gasteiger partial charge in [0.25, 0.3) is 0 Å². The van der Waals surface area contributed by atoms with Crippen molar-refractivity contribution in [2.75, 3.05) is 11.4 Å². The van der Waals surface area contributed by atoms with Gasteiger partial charge in [-0.3, -0.25) is 4.79 Å². The number of carbonyl (C=O) groups is 1. The van der Waals surface area contributed by atoms with Crippen molar-refractivity contribution in [1.29, 1.82) is 5.26 Å². The summed E-state index contributed by atoms with van der Waals surface area (Å²) in [6.07, 6.45) is -0.505. The number of nitriles is 1. The lowest BCUT2D eigenvalue weighted by atomic mass is 10.0. The lowest BCUT2D eigenvalue weighted by Crippen LogP contribution is -2.37. The van der Waals surface area contributed by atoms with Crippen LogP contribution in [0.25, 0.3) is 11.5 Å². The molecule has 3 heterocycles. The summed E-state index contributed by atoms with van der Waals surface area (Å²) in [6, 6.07) is 13.3. The van der Waals surface area contributed by atoms with Crippen LogP contribution >= 0.6 is 0 Å². The van der Waals surface area contributed by atoms with Crippen LogP contribution in [0.5, 0.6) is 0 Å². The number of rotatable bonds is 7. The third kappa shape index (κ3) is 5.22. The number of aryl methyl sites for hydroxylation is 1. The van der Waals surface area contributed by atoms with Crippen molar-refractivity contribution < 1.29 is 22.4 Å². The lowest BCUT2D eigenvalue weighted by Gasteiger charge is -2.25. The highest BCUT2D eigenvalue weighted by Crippen LogP contribution is 2.33. The number of carbonyl (C=O) groups excluding carboxylic acids is 1. The van der Waals surface area contributed by atoms with E-state index in [0.29, 0.717) is 44.2 Å². The second-order valence-corrected chi connectivity index (χ2v) is 7.89. The van der Waals surface area contributed by atoms with Crippen molar-refractivity contribution in [3.63, 3.8) is 0 Å². The van der Waals surface area contributed by atoms with Crippen molar-refractivity contribution >= 4 is 11.6 Å². The molecule has 0 amide bonds. The van der Waals surface area contributed by atoms with Gasteiger partial charge in [-0.15, -0.1) is 0 Å². The predicted molar refractivity (Wildman–Crippen MR) is 114 cm³/mol. The Bertz CT molecular complexity index is 1150. The number of hydrogen-bond acceptors (Lipinski definition) is 6. The summed E-state index contributed by atoms with van der Waals surface area (Å²) >= 11 is 0. The fourth-order valence-electron chi connectivity index (χ4n) is 4.01. The first-order chi connectivity index (χ1) is 15.8. The number of Topliss-reactive ketones (excluding diaryl/α,β-unsaturated/α-hetero) is 1. The summed E-state index contributed by atoms with van der Waals surface area (Å²) in [7, 11) is 0. The highest BCUT2D eigenvalue weighted by atomic mass is 19.4. The van der Waals surface area contributed by atoms with Gasteiger partial charge in [0.1, 0.15) is 11.5 Å². The van der Waals surface area contributed by atoms with Gasteiger partial charge in [-0.05, 0) is 55.5 Å². The van der Waals surface area contributed by atoms with E-state index in [0.717, 1.165) is 5.56 Å². The third-order valence-corrected chi connectivity index (χ3v) is 5.63. The van der Waals surface area contributed by atoms with Gasteiger partial charge in [-0.1, -0.05) is 12.1 Å². The van der Waals surface area contributed by atoms with Crippen LogP contribution < -0.4 is 4.90 Å². The molecule has 1 aliphatic rings. The maximum absolute atomic E-state index is 13.4. The summed E-state index contributed by atoms with van der Waals surface area (Å²) in [4.78, 5) is 22.0. The molecule has 170 valence electrons. The normalized spacial score (nSPS) is 16.1. The van der Waals surface area contributed by atoms with Gasteiger partial charge >= 0.3 is 6.18 Å². The van der Waals surface area contributed by atoms with Gasteiger partial charge in [-0.2, -0.15) is 18.4 Å². The summed E-state index contributed by atoms with van der Waals surface area (Å²) in [5, 5.41) is 8.87. The molecular formula is C24H21F3N4O2. The number of alkyl halides is 3. The van der Waals surface area contributed by atoms with Gasteiger partial charge in [-0.25, -0.2) is 9.97 Å². The minimum atomic E-state index is -4.72. The number of nitrogens with zero attached hydrogens (tertiary/aromatic N) is 4. The van der Waals surface area contributed by atoms with Crippen LogP contribution in [0.15, 0.2) is 53.1 Å². The molecule has 0 saturated carbocycles. The van der Waals surface area contributed by atoms with E-state index in [2.05, 4.69) is 16.0 Å². The molecule has 1 aromatic carbocycles. The third-order valence-electron chi connectivity index (χ3n) is 5.63. The SMILES string of the molecule is N#Cc1ccc(CCCC(=O)[C@@H]2CCCN2c2cc(-c3ccco3)nc(C(F)(F)F)n2)cc1. The van der Waals surface area contributed by atoms with E-state index in [9.17, 15) is 18.0 Å². The number of ketones is 1. The number of hydrogen-bond donors (Lipinski definition) is 0. The molecule has 0 bridgehead atoms. The Morgan fingerprint density at radius 1 is 1.21 bits per heavy atom. The van der Waals surface area contributed by atoms with Gasteiger partial charge in [0.05, 0.1) is 23.9 Å². The second kappa shape index (κ2) is 9.45. The molecule has 1 atom stereocenters. The molecular weight excluding hydrogens is 433 g/mol. The summed E-state index contributed by atoms with van der Waals surface area (Å²) in [5.41, 5.74) is 1.63. The Balaban J connectivity index is 1.49. The molecule has 0 spiro atoms. The highest BCUT2D eigenvalue weighted by Gasteiger charge is 2.38. The molecule has 6 nitrogen and oxygen atoms in total. The Kier molecular flexibility index (Phi) is 6.45. The van der Waals surface area contributed by atoms with E-state index in [1.54, 1.807) is 23.1 Å². The number of halogens is 3. The molecule has 33 heavy (non-hydrogen) atoms. The summed E-state index contributed by atoms with van der Waals surface area (Å²) in [6.45, 7) is 0.442. The van der Waals surface area contributed by atoms with Crippen molar-refractivity contribution in [3.05, 3.63) is 65.7 Å². The molecule has 0 unspecified atom stereocenters. The van der Waals surface area contributed by atoms with Crippen molar-refractivity contribution in [1.82, 2.24) is 9.97 Å². The van der Waals surface area contributed by atoms with Crippen LogP contribution in [0.1, 0.15) is 42.6 Å². The first-order valence-corrected chi connectivity index (χ1v) is 10.6. The van der Waals surface area contributed by atoms with Crippen LogP contribution in [0.3, 0.4) is 0 Å². The average Bonchev–Trinajstić information content (AvgIpc) is 3.51. The topological polar surface area (TPSA) is 83.0 Å². The predicted octanol–water partition coefficient (Wildman–Crippen LogP) is 5.19. The molecule has 1 saturated heterocycles. The van der Waals surface area contributed by atoms with Crippen molar-refractivity contribution in [3.8, 4) is 17.5 Å². The maximum atomic E-state index is 13.4. The summed E-state index contributed by atoms with van der Waals surface area (Å²) < 4.78 is 45.6. The number of benzene rings is 1. The first-order valence-electron chi connectivity index (χ1n) is 10.6. The smallest absolute Gasteiger partial charge is 0.451 e. The van der Waals surface area contributed by atoms with Crippen LogP contribution in [0.4, 0.5) is 19.0 Å². The molecule has 1 fully saturated rings. The minimum Gasteiger partial charge on any atom is -0.463 e. The molecule has 1 aliphatic heterocycles. The molecule has 9 heteroatoms. The molecule has 0 N–H and O–H groups in total. The van der Waals surface area contributed by atoms with E-state index >= 15 is 0 Å². The van der Waals surface area contributed by atoms with Gasteiger partial charge in [0, 0.05) is 19.0 Å². The Hall–Kier alpha value is -3.67. The summed E-state index contributed by atoms with van der Waals surface area (Å²) in [5.74, 6) is -1.00. The zero-order valence-electron chi connectivity index (χ0n) is 17.7. The fraction of sp³-hybridized carbons (Fsp3) is 0.333. The van der Waals surface area contributed by atoms with E-state index in [4.69, 9.17) is 9.68 Å². The molecule has 4 rings (SSSR count). The van der Waals surface area contributed by atoms with E-state index < -0.39 is 18.0 Å². The standard InChI is InChI=1S/C24H21F3N4O2/c25-24(26,27)23-29-18(21-7-3-13-33-21)14-22(30-23)31-12-2-5-19(31)20(32)6-1-4-16-8-10-17(15-28)11-9-16/h3,7-11,13-14,19H,1-2,4-6,12H2/t19-/m0/s1. The lowest BCUT2D eigenvalue weighted by molar-refractivity contribution is -0.144. The molecule has 0 radical (unpaired) electrons. The molecule has 3 aromatic rings. The van der Waals surface area contributed by atoms with Crippen molar-refractivity contribution in [2.24, 2.45) is 0 Å². The van der Waals surface area contributed by atoms with E-state index in [-0.39, 0.29) is 23.1 Å². The monoisotopic (exact) mass is 454 g/mol. The van der Waals surface area contributed by atoms with E-state index in [1.807, 2.05) is 12.1 Å². The maximum Gasteiger partial charge on any atom is 0.451 e. The average molecular weight is 454 g/mol. The first kappa shape index (κ1) is 22.5. The fourth-order valence-corrected chi connectivity index (χ4v) is 4.01. The number of anilines is 1. The van der Waals surface area contributed by atoms with Crippen LogP contribution in [0, 0.1) is 11.3 Å². The zero-order valence-corrected chi connectivity index (χ0v) is 17.7. The molecule has 2 aromatic heterocycles. The van der Waals surface area contributed by atoms with Crippen LogP contribution in [-0.4, -0.2) is 28.3 Å². The number of furan rings is 1. The second-order valence-electron chi connectivity index (χ2n) is 7.89. The number of aromatic nitrogens is 2. The quantitative estimate of drug-likeness (QED) is 0.489. The Labute approximate surface area is 188 Å². The van der Waals surface area contributed by atoms with E-state index in [1.165, 1.54) is 18.4 Å². The molecule has 0 aliphatic carbocycles. The zero-order chi connectivity index (χ0) is 23.4. The largest absolute Gasteiger partial charge is 0.463 e.